The molecule has 0 aliphatic heterocycles. The maximum Gasteiger partial charge on any atom is -0.00817 e. The van der Waals surface area contributed by atoms with Gasteiger partial charge in [0.25, 0.3) is 0 Å². The molecular formula is C12H20. The number of allylic oxidation sites excluding steroid dienone is 4. The maximum atomic E-state index is 2.38. The molecule has 0 heterocycles. The quantitative estimate of drug-likeness (QED) is 0.542. The van der Waals surface area contributed by atoms with Crippen molar-refractivity contribution >= 4 is 0 Å². The molecule has 0 aromatic heterocycles. The van der Waals surface area contributed by atoms with Gasteiger partial charge < -0.3 is 0 Å². The lowest BCUT2D eigenvalue weighted by molar-refractivity contribution is 0.351. The number of hydrogen-bond acceptors (Lipinski definition) is 0. The summed E-state index contributed by atoms with van der Waals surface area (Å²) >= 11 is 0. The van der Waals surface area contributed by atoms with Crippen LogP contribution < -0.4 is 0 Å². The molecule has 12 heavy (non-hydrogen) atoms. The fraction of sp³-hybridized carbons (Fsp3) is 0.667. The Balaban J connectivity index is 2.67. The zero-order valence-corrected chi connectivity index (χ0v) is 8.72. The first-order valence-electron chi connectivity index (χ1n) is 4.93. The Hall–Kier alpha value is -0.520. The van der Waals surface area contributed by atoms with Crippen LogP contribution in [0.25, 0.3) is 0 Å². The van der Waals surface area contributed by atoms with E-state index in [4.69, 9.17) is 0 Å². The first-order chi connectivity index (χ1) is 5.59. The van der Waals surface area contributed by atoms with Gasteiger partial charge in [0.05, 0.1) is 0 Å². The standard InChI is InChI=1S/C12H20/c1-5-6-7-11-9-8-10(2)12(11,3)4/h6-8,11H,5,9H2,1-4H3/b7-6+. The van der Waals surface area contributed by atoms with Crippen LogP contribution in [0.3, 0.4) is 0 Å². The Kier molecular flexibility index (Phi) is 2.76. The molecule has 1 rings (SSSR count). The summed E-state index contributed by atoms with van der Waals surface area (Å²) in [4.78, 5) is 0. The summed E-state index contributed by atoms with van der Waals surface area (Å²) in [6.07, 6.45) is 9.44. The molecule has 0 aromatic rings. The van der Waals surface area contributed by atoms with E-state index in [1.54, 1.807) is 5.57 Å². The van der Waals surface area contributed by atoms with Crippen molar-refractivity contribution < 1.29 is 0 Å². The van der Waals surface area contributed by atoms with Gasteiger partial charge in [-0.2, -0.15) is 0 Å². The fourth-order valence-corrected chi connectivity index (χ4v) is 1.77. The van der Waals surface area contributed by atoms with E-state index in [1.165, 1.54) is 6.42 Å². The van der Waals surface area contributed by atoms with Gasteiger partial charge in [-0.05, 0) is 31.1 Å². The average molecular weight is 164 g/mol. The molecule has 0 spiro atoms. The molecule has 0 bridgehead atoms. The Labute approximate surface area is 76.4 Å². The molecule has 0 radical (unpaired) electrons. The summed E-state index contributed by atoms with van der Waals surface area (Å²) in [6, 6.07) is 0. The molecule has 1 unspecified atom stereocenters. The van der Waals surface area contributed by atoms with Gasteiger partial charge in [0, 0.05) is 0 Å². The first-order valence-corrected chi connectivity index (χ1v) is 4.93. The Morgan fingerprint density at radius 2 is 2.25 bits per heavy atom. The minimum absolute atomic E-state index is 0.395. The van der Waals surface area contributed by atoms with Crippen LogP contribution >= 0.6 is 0 Å². The van der Waals surface area contributed by atoms with E-state index in [0.29, 0.717) is 5.41 Å². The second kappa shape index (κ2) is 3.47. The molecule has 0 fully saturated rings. The molecule has 1 aliphatic rings. The van der Waals surface area contributed by atoms with Crippen molar-refractivity contribution in [1.82, 2.24) is 0 Å². The fourth-order valence-electron chi connectivity index (χ4n) is 1.77. The second-order valence-corrected chi connectivity index (χ2v) is 4.29. The molecule has 0 N–H and O–H groups in total. The predicted molar refractivity (Wildman–Crippen MR) is 55.1 cm³/mol. The zero-order valence-electron chi connectivity index (χ0n) is 8.72. The van der Waals surface area contributed by atoms with Gasteiger partial charge >= 0.3 is 0 Å². The van der Waals surface area contributed by atoms with Crippen LogP contribution in [0.5, 0.6) is 0 Å². The van der Waals surface area contributed by atoms with Crippen LogP contribution in [-0.4, -0.2) is 0 Å². The van der Waals surface area contributed by atoms with Gasteiger partial charge in [-0.15, -0.1) is 0 Å². The summed E-state index contributed by atoms with van der Waals surface area (Å²) in [5.41, 5.74) is 1.94. The molecule has 0 aromatic carbocycles. The molecule has 0 saturated heterocycles. The topological polar surface area (TPSA) is 0 Å². The second-order valence-electron chi connectivity index (χ2n) is 4.29. The summed E-state index contributed by atoms with van der Waals surface area (Å²) in [5, 5.41) is 0. The first kappa shape index (κ1) is 9.57. The Morgan fingerprint density at radius 3 is 2.67 bits per heavy atom. The lowest BCUT2D eigenvalue weighted by atomic mass is 9.77. The van der Waals surface area contributed by atoms with Crippen LogP contribution in [0, 0.1) is 11.3 Å². The Morgan fingerprint density at radius 1 is 1.58 bits per heavy atom. The van der Waals surface area contributed by atoms with Crippen molar-refractivity contribution in [2.45, 2.75) is 40.5 Å². The molecule has 0 heteroatoms. The Bertz CT molecular complexity index is 206. The van der Waals surface area contributed by atoms with Gasteiger partial charge in [0.1, 0.15) is 0 Å². The summed E-state index contributed by atoms with van der Waals surface area (Å²) in [6.45, 7) is 9.13. The highest BCUT2D eigenvalue weighted by atomic mass is 14.4. The molecule has 1 aliphatic carbocycles. The van der Waals surface area contributed by atoms with Crippen LogP contribution in [0.1, 0.15) is 40.5 Å². The van der Waals surface area contributed by atoms with Gasteiger partial charge in [0.2, 0.25) is 0 Å². The van der Waals surface area contributed by atoms with Crippen LogP contribution in [-0.2, 0) is 0 Å². The average Bonchev–Trinajstić information content (AvgIpc) is 2.25. The van der Waals surface area contributed by atoms with Crippen molar-refractivity contribution in [2.75, 3.05) is 0 Å². The third kappa shape index (κ3) is 1.63. The van der Waals surface area contributed by atoms with E-state index in [2.05, 4.69) is 45.9 Å². The molecule has 1 atom stereocenters. The zero-order chi connectivity index (χ0) is 9.19. The minimum Gasteiger partial charge on any atom is -0.0885 e. The van der Waals surface area contributed by atoms with Crippen LogP contribution in [0.2, 0.25) is 0 Å². The van der Waals surface area contributed by atoms with Crippen LogP contribution in [0.15, 0.2) is 23.8 Å². The van der Waals surface area contributed by atoms with E-state index < -0.39 is 0 Å². The lowest BCUT2D eigenvalue weighted by Crippen LogP contribution is -2.18. The molecule has 0 nitrogen and oxygen atoms in total. The number of rotatable bonds is 2. The lowest BCUT2D eigenvalue weighted by Gasteiger charge is -2.27. The van der Waals surface area contributed by atoms with Gasteiger partial charge in [-0.25, -0.2) is 0 Å². The van der Waals surface area contributed by atoms with Crippen molar-refractivity contribution in [3.63, 3.8) is 0 Å². The molecule has 68 valence electrons. The summed E-state index contributed by atoms with van der Waals surface area (Å²) in [7, 11) is 0. The highest BCUT2D eigenvalue weighted by molar-refractivity contribution is 5.21. The van der Waals surface area contributed by atoms with Gasteiger partial charge in [-0.1, -0.05) is 44.6 Å². The normalized spacial score (nSPS) is 28.0. The van der Waals surface area contributed by atoms with E-state index in [0.717, 1.165) is 12.3 Å². The molecule has 0 amide bonds. The molecule has 0 saturated carbocycles. The van der Waals surface area contributed by atoms with Crippen molar-refractivity contribution in [3.8, 4) is 0 Å². The van der Waals surface area contributed by atoms with E-state index in [1.807, 2.05) is 0 Å². The number of hydrogen-bond donors (Lipinski definition) is 0. The van der Waals surface area contributed by atoms with E-state index in [9.17, 15) is 0 Å². The summed E-state index contributed by atoms with van der Waals surface area (Å²) in [5.74, 6) is 0.734. The predicted octanol–water partition coefficient (Wildman–Crippen LogP) is 3.95. The van der Waals surface area contributed by atoms with E-state index >= 15 is 0 Å². The van der Waals surface area contributed by atoms with Gasteiger partial charge in [0.15, 0.2) is 0 Å². The van der Waals surface area contributed by atoms with Gasteiger partial charge in [-0.3, -0.25) is 0 Å². The van der Waals surface area contributed by atoms with Crippen molar-refractivity contribution in [2.24, 2.45) is 11.3 Å². The van der Waals surface area contributed by atoms with Crippen molar-refractivity contribution in [3.05, 3.63) is 23.8 Å². The highest BCUT2D eigenvalue weighted by Crippen LogP contribution is 2.43. The molecular weight excluding hydrogens is 144 g/mol. The monoisotopic (exact) mass is 164 g/mol. The maximum absolute atomic E-state index is 2.38. The smallest absolute Gasteiger partial charge is 0.00817 e. The minimum atomic E-state index is 0.395. The largest absolute Gasteiger partial charge is 0.0885 e. The van der Waals surface area contributed by atoms with E-state index in [-0.39, 0.29) is 0 Å². The SMILES string of the molecule is CC/C=C/C1CC=C(C)C1(C)C. The third-order valence-corrected chi connectivity index (χ3v) is 3.23. The highest BCUT2D eigenvalue weighted by Gasteiger charge is 2.32. The summed E-state index contributed by atoms with van der Waals surface area (Å²) < 4.78 is 0. The van der Waals surface area contributed by atoms with Crippen LogP contribution in [0.4, 0.5) is 0 Å². The third-order valence-electron chi connectivity index (χ3n) is 3.23. The van der Waals surface area contributed by atoms with Crippen molar-refractivity contribution in [1.29, 1.82) is 0 Å².